The molecule has 2 atom stereocenters. The van der Waals surface area contributed by atoms with Crippen LogP contribution in [0, 0.1) is 16.7 Å². The smallest absolute Gasteiger partial charge is 0.330 e. The molecule has 2 heterocycles. The molecular weight excluding hydrogens is 394 g/mol. The highest BCUT2D eigenvalue weighted by atomic mass is 32.2. The molecule has 1 aromatic carbocycles. The summed E-state index contributed by atoms with van der Waals surface area (Å²) in [5.74, 6) is 0.235. The van der Waals surface area contributed by atoms with Crippen LogP contribution in [0.25, 0.3) is 10.9 Å². The van der Waals surface area contributed by atoms with Crippen LogP contribution >= 0.6 is 0 Å². The zero-order chi connectivity index (χ0) is 21.4. The van der Waals surface area contributed by atoms with Crippen molar-refractivity contribution in [3.63, 3.8) is 0 Å². The Morgan fingerprint density at radius 1 is 1.17 bits per heavy atom. The van der Waals surface area contributed by atoms with Crippen molar-refractivity contribution >= 4 is 20.9 Å². The highest BCUT2D eigenvalue weighted by Gasteiger charge is 2.64. The van der Waals surface area contributed by atoms with Crippen LogP contribution in [0.4, 0.5) is 0 Å². The minimum Gasteiger partial charge on any atom is -0.384 e. The molecule has 1 saturated carbocycles. The second-order valence-electron chi connectivity index (χ2n) is 9.20. The lowest BCUT2D eigenvalue weighted by atomic mass is 9.48. The van der Waals surface area contributed by atoms with E-state index < -0.39 is 21.3 Å². The Bertz CT molecular complexity index is 1230. The highest BCUT2D eigenvalue weighted by Crippen LogP contribution is 2.63. The Morgan fingerprint density at radius 2 is 1.86 bits per heavy atom. The lowest BCUT2D eigenvalue weighted by Crippen LogP contribution is -2.55. The molecule has 4 rings (SSSR count). The third-order valence-corrected chi connectivity index (χ3v) is 8.68. The fraction of sp³-hybridized carbons (Fsp3) is 0.600. The van der Waals surface area contributed by atoms with Crippen molar-refractivity contribution in [2.75, 3.05) is 26.8 Å². The molecule has 1 aliphatic heterocycles. The van der Waals surface area contributed by atoms with Crippen molar-refractivity contribution in [1.29, 1.82) is 0 Å². The fourth-order valence-electron chi connectivity index (χ4n) is 5.63. The molecule has 0 radical (unpaired) electrons. The summed E-state index contributed by atoms with van der Waals surface area (Å²) < 4.78 is 36.1. The van der Waals surface area contributed by atoms with Gasteiger partial charge in [-0.25, -0.2) is 13.2 Å². The van der Waals surface area contributed by atoms with Gasteiger partial charge in [-0.1, -0.05) is 13.8 Å². The number of methoxy groups -OCH3 is 1. The first-order chi connectivity index (χ1) is 13.4. The third kappa shape index (κ3) is 2.74. The van der Waals surface area contributed by atoms with E-state index in [-0.39, 0.29) is 27.0 Å². The molecule has 0 spiro atoms. The maximum absolute atomic E-state index is 13.4. The second-order valence-corrected chi connectivity index (χ2v) is 11.1. The van der Waals surface area contributed by atoms with Crippen LogP contribution in [0.5, 0.6) is 0 Å². The predicted molar refractivity (Wildman–Crippen MR) is 109 cm³/mol. The maximum atomic E-state index is 13.4. The predicted octanol–water partition coefficient (Wildman–Crippen LogP) is 0.920. The number of hydrogen-bond acceptors (Lipinski definition) is 5. The van der Waals surface area contributed by atoms with Crippen LogP contribution in [0.2, 0.25) is 0 Å². The van der Waals surface area contributed by atoms with Crippen molar-refractivity contribution in [1.82, 2.24) is 13.4 Å². The minimum absolute atomic E-state index is 0.0698. The number of fused-ring (bicyclic) bond motifs is 2. The first-order valence-corrected chi connectivity index (χ1v) is 11.1. The molecule has 0 bridgehead atoms. The monoisotopic (exact) mass is 421 g/mol. The van der Waals surface area contributed by atoms with Gasteiger partial charge in [0.2, 0.25) is 10.0 Å². The van der Waals surface area contributed by atoms with Crippen LogP contribution < -0.4 is 11.2 Å². The molecule has 0 amide bonds. The summed E-state index contributed by atoms with van der Waals surface area (Å²) in [7, 11) is 0.829. The molecule has 2 aromatic rings. The van der Waals surface area contributed by atoms with Gasteiger partial charge < -0.3 is 4.74 Å². The fourth-order valence-corrected chi connectivity index (χ4v) is 7.21. The lowest BCUT2D eigenvalue weighted by Gasteiger charge is -2.56. The quantitative estimate of drug-likeness (QED) is 0.732. The van der Waals surface area contributed by atoms with Gasteiger partial charge in [0, 0.05) is 39.7 Å². The van der Waals surface area contributed by atoms with Gasteiger partial charge in [0.15, 0.2) is 0 Å². The molecule has 158 valence electrons. The second kappa shape index (κ2) is 6.26. The summed E-state index contributed by atoms with van der Waals surface area (Å²) >= 11 is 0. The van der Waals surface area contributed by atoms with Gasteiger partial charge >= 0.3 is 5.69 Å². The van der Waals surface area contributed by atoms with Gasteiger partial charge in [0.25, 0.3) is 5.56 Å². The van der Waals surface area contributed by atoms with E-state index in [1.54, 1.807) is 14.2 Å². The van der Waals surface area contributed by atoms with E-state index in [1.807, 2.05) is 0 Å². The van der Waals surface area contributed by atoms with E-state index in [2.05, 4.69) is 13.8 Å². The number of aromatic nitrogens is 2. The van der Waals surface area contributed by atoms with Crippen LogP contribution in [0.1, 0.15) is 20.3 Å². The zero-order valence-corrected chi connectivity index (χ0v) is 18.2. The van der Waals surface area contributed by atoms with Crippen molar-refractivity contribution in [2.45, 2.75) is 25.2 Å². The summed E-state index contributed by atoms with van der Waals surface area (Å²) in [6.07, 6.45) is 0.922. The zero-order valence-electron chi connectivity index (χ0n) is 17.4. The Labute approximate surface area is 169 Å². The topological polar surface area (TPSA) is 90.6 Å². The molecule has 0 unspecified atom stereocenters. The van der Waals surface area contributed by atoms with E-state index in [0.717, 1.165) is 11.0 Å². The van der Waals surface area contributed by atoms with Crippen LogP contribution in [-0.2, 0) is 28.9 Å². The van der Waals surface area contributed by atoms with Crippen molar-refractivity contribution in [3.05, 3.63) is 39.0 Å². The first-order valence-electron chi connectivity index (χ1n) is 9.63. The molecule has 9 heteroatoms. The van der Waals surface area contributed by atoms with Crippen molar-refractivity contribution < 1.29 is 13.2 Å². The maximum Gasteiger partial charge on any atom is 0.330 e. The van der Waals surface area contributed by atoms with E-state index in [4.69, 9.17) is 4.74 Å². The molecule has 1 aromatic heterocycles. The summed E-state index contributed by atoms with van der Waals surface area (Å²) in [6, 6.07) is 4.40. The molecular formula is C20H27N3O5S. The van der Waals surface area contributed by atoms with Gasteiger partial charge in [0.1, 0.15) is 0 Å². The van der Waals surface area contributed by atoms with Gasteiger partial charge in [0.05, 0.1) is 22.4 Å². The molecule has 29 heavy (non-hydrogen) atoms. The number of nitrogens with zero attached hydrogens (tertiary/aromatic N) is 3. The van der Waals surface area contributed by atoms with Gasteiger partial charge in [-0.3, -0.25) is 13.9 Å². The van der Waals surface area contributed by atoms with Crippen LogP contribution in [0.3, 0.4) is 0 Å². The average molecular weight is 422 g/mol. The summed E-state index contributed by atoms with van der Waals surface area (Å²) in [5.41, 5.74) is -0.616. The van der Waals surface area contributed by atoms with Crippen molar-refractivity contribution in [3.8, 4) is 0 Å². The molecule has 1 saturated heterocycles. The molecule has 2 aliphatic rings. The van der Waals surface area contributed by atoms with E-state index >= 15 is 0 Å². The van der Waals surface area contributed by atoms with E-state index in [1.165, 1.54) is 34.1 Å². The SMILES string of the molecule is COC[C@@]12CN(S(=O)(=O)c3ccc4c(c3)c(=O)n(C)c(=O)n4C)C[C@@H]1C(C)(C)C2. The number of rotatable bonds is 4. The number of hydrogen-bond donors (Lipinski definition) is 0. The third-order valence-electron chi connectivity index (χ3n) is 6.88. The van der Waals surface area contributed by atoms with E-state index in [0.29, 0.717) is 25.2 Å². The largest absolute Gasteiger partial charge is 0.384 e. The Morgan fingerprint density at radius 3 is 2.48 bits per heavy atom. The molecule has 1 aliphatic carbocycles. The number of aryl methyl sites for hydroxylation is 1. The van der Waals surface area contributed by atoms with Crippen molar-refractivity contribution in [2.24, 2.45) is 30.8 Å². The Balaban J connectivity index is 1.78. The number of sulfonamides is 1. The molecule has 8 nitrogen and oxygen atoms in total. The highest BCUT2D eigenvalue weighted by molar-refractivity contribution is 7.89. The summed E-state index contributed by atoms with van der Waals surface area (Å²) in [6.45, 7) is 5.74. The van der Waals surface area contributed by atoms with Crippen LogP contribution in [-0.4, -0.2) is 48.7 Å². The van der Waals surface area contributed by atoms with Gasteiger partial charge in [-0.2, -0.15) is 4.31 Å². The number of ether oxygens (including phenoxy) is 1. The van der Waals surface area contributed by atoms with Gasteiger partial charge in [-0.15, -0.1) is 0 Å². The minimum atomic E-state index is -3.77. The van der Waals surface area contributed by atoms with E-state index in [9.17, 15) is 18.0 Å². The Kier molecular flexibility index (Phi) is 4.39. The van der Waals surface area contributed by atoms with Gasteiger partial charge in [-0.05, 0) is 36.0 Å². The summed E-state index contributed by atoms with van der Waals surface area (Å²) in [4.78, 5) is 24.8. The first kappa shape index (κ1) is 20.3. The lowest BCUT2D eigenvalue weighted by molar-refractivity contribution is -0.106. The number of benzene rings is 1. The summed E-state index contributed by atoms with van der Waals surface area (Å²) in [5, 5.41) is 0.213. The normalized spacial score (nSPS) is 26.4. The molecule has 0 N–H and O–H groups in total. The standard InChI is InChI=1S/C20H27N3O5S/c1-19(2)10-20(12-28-5)11-23(9-16(19)20)29(26,27)13-6-7-15-14(8-13)17(24)22(4)18(25)21(15)3/h6-8,16H,9-12H2,1-5H3/t16-,20-/m1/s1. The Hall–Kier alpha value is -1.97. The average Bonchev–Trinajstić information content (AvgIpc) is 2.99. The molecule has 2 fully saturated rings. The van der Waals surface area contributed by atoms with Crippen LogP contribution in [0.15, 0.2) is 32.7 Å².